The van der Waals surface area contributed by atoms with Gasteiger partial charge in [0.25, 0.3) is 5.91 Å². The van der Waals surface area contributed by atoms with E-state index >= 15 is 0 Å². The Labute approximate surface area is 128 Å². The van der Waals surface area contributed by atoms with Crippen molar-refractivity contribution in [3.63, 3.8) is 0 Å². The smallest absolute Gasteiger partial charge is 0.268 e. The van der Waals surface area contributed by atoms with E-state index in [4.69, 9.17) is 0 Å². The monoisotopic (exact) mass is 303 g/mol. The maximum atomic E-state index is 14.2. The zero-order chi connectivity index (χ0) is 15.0. The summed E-state index contributed by atoms with van der Waals surface area (Å²) in [6.45, 7) is 4.70. The maximum absolute atomic E-state index is 14.2. The Morgan fingerprint density at radius 2 is 2.24 bits per heavy atom. The second-order valence-corrected chi connectivity index (χ2v) is 6.52. The first kappa shape index (κ1) is 14.3. The predicted molar refractivity (Wildman–Crippen MR) is 84.8 cm³/mol. The number of halogens is 1. The van der Waals surface area contributed by atoms with E-state index in [0.29, 0.717) is 17.1 Å². The third-order valence-electron chi connectivity index (χ3n) is 3.97. The maximum Gasteiger partial charge on any atom is 0.268 e. The molecule has 2 heterocycles. The van der Waals surface area contributed by atoms with Gasteiger partial charge in [0.05, 0.1) is 10.6 Å². The molecule has 0 radical (unpaired) electrons. The van der Waals surface area contributed by atoms with E-state index < -0.39 is 0 Å². The molecule has 0 aliphatic carbocycles. The largest absolute Gasteiger partial charge is 0.305 e. The summed E-state index contributed by atoms with van der Waals surface area (Å²) in [4.78, 5) is 16.3. The second kappa shape index (κ2) is 5.60. The van der Waals surface area contributed by atoms with Crippen LogP contribution in [-0.4, -0.2) is 12.5 Å². The van der Waals surface area contributed by atoms with Gasteiger partial charge in [-0.1, -0.05) is 19.1 Å². The molecule has 2 nitrogen and oxygen atoms in total. The Kier molecular flexibility index (Phi) is 3.81. The van der Waals surface area contributed by atoms with Gasteiger partial charge in [0.15, 0.2) is 0 Å². The number of para-hydroxylation sites is 1. The van der Waals surface area contributed by atoms with E-state index in [1.807, 2.05) is 19.1 Å². The van der Waals surface area contributed by atoms with Crippen molar-refractivity contribution in [3.05, 3.63) is 51.0 Å². The molecular formula is C17H18FNOS. The van der Waals surface area contributed by atoms with Crippen LogP contribution in [-0.2, 0) is 12.8 Å². The van der Waals surface area contributed by atoms with Crippen LogP contribution in [0.1, 0.15) is 39.0 Å². The van der Waals surface area contributed by atoms with E-state index in [1.54, 1.807) is 11.0 Å². The fraction of sp³-hybridized carbons (Fsp3) is 0.353. The van der Waals surface area contributed by atoms with E-state index in [2.05, 4.69) is 6.92 Å². The summed E-state index contributed by atoms with van der Waals surface area (Å²) in [6, 6.07) is 6.99. The van der Waals surface area contributed by atoms with E-state index in [-0.39, 0.29) is 11.7 Å². The molecule has 0 bridgehead atoms. The number of carbonyl (C=O) groups excluding carboxylic acids is 1. The molecule has 2 aromatic rings. The van der Waals surface area contributed by atoms with Gasteiger partial charge in [0, 0.05) is 11.4 Å². The average Bonchev–Trinajstić information content (AvgIpc) is 2.87. The number of benzene rings is 1. The summed E-state index contributed by atoms with van der Waals surface area (Å²) < 4.78 is 14.2. The minimum absolute atomic E-state index is 0.0751. The number of hydrogen-bond acceptors (Lipinski definition) is 2. The SMILES string of the molecule is CCc1sc(C(=O)N2CCCc3cccc(F)c32)cc1C. The summed E-state index contributed by atoms with van der Waals surface area (Å²) in [5.41, 5.74) is 2.55. The van der Waals surface area contributed by atoms with Crippen molar-refractivity contribution in [2.45, 2.75) is 33.1 Å². The molecule has 110 valence electrons. The van der Waals surface area contributed by atoms with Crippen molar-refractivity contribution < 1.29 is 9.18 Å². The summed E-state index contributed by atoms with van der Waals surface area (Å²) in [7, 11) is 0. The first-order valence-electron chi connectivity index (χ1n) is 7.30. The van der Waals surface area contributed by atoms with Crippen LogP contribution in [0.25, 0.3) is 0 Å². The Hall–Kier alpha value is -1.68. The molecular weight excluding hydrogens is 285 g/mol. The van der Waals surface area contributed by atoms with Crippen molar-refractivity contribution in [3.8, 4) is 0 Å². The minimum atomic E-state index is -0.301. The van der Waals surface area contributed by atoms with Crippen molar-refractivity contribution in [1.29, 1.82) is 0 Å². The van der Waals surface area contributed by atoms with Gasteiger partial charge in [0.1, 0.15) is 5.82 Å². The van der Waals surface area contributed by atoms with Crippen LogP contribution in [0.2, 0.25) is 0 Å². The number of amides is 1. The van der Waals surface area contributed by atoms with Crippen molar-refractivity contribution in [2.75, 3.05) is 11.4 Å². The van der Waals surface area contributed by atoms with E-state index in [0.717, 1.165) is 30.4 Å². The highest BCUT2D eigenvalue weighted by Gasteiger charge is 2.27. The molecule has 0 saturated heterocycles. The third-order valence-corrected chi connectivity index (χ3v) is 5.34. The van der Waals surface area contributed by atoms with Crippen LogP contribution < -0.4 is 4.90 Å². The van der Waals surface area contributed by atoms with Gasteiger partial charge in [-0.2, -0.15) is 0 Å². The minimum Gasteiger partial charge on any atom is -0.305 e. The number of anilines is 1. The van der Waals surface area contributed by atoms with Crippen LogP contribution in [0.4, 0.5) is 10.1 Å². The topological polar surface area (TPSA) is 20.3 Å². The van der Waals surface area contributed by atoms with E-state index in [1.165, 1.54) is 22.3 Å². The lowest BCUT2D eigenvalue weighted by Crippen LogP contribution is -2.35. The number of aryl methyl sites for hydroxylation is 3. The molecule has 0 atom stereocenters. The number of hydrogen-bond donors (Lipinski definition) is 0. The van der Waals surface area contributed by atoms with Crippen molar-refractivity contribution in [2.24, 2.45) is 0 Å². The molecule has 1 aromatic heterocycles. The first-order chi connectivity index (χ1) is 10.1. The molecule has 4 heteroatoms. The van der Waals surface area contributed by atoms with Gasteiger partial charge < -0.3 is 4.90 Å². The number of thiophene rings is 1. The number of rotatable bonds is 2. The Morgan fingerprint density at radius 3 is 2.95 bits per heavy atom. The first-order valence-corrected chi connectivity index (χ1v) is 8.12. The van der Waals surface area contributed by atoms with Gasteiger partial charge in [-0.25, -0.2) is 4.39 Å². The summed E-state index contributed by atoms with van der Waals surface area (Å²) >= 11 is 1.53. The third kappa shape index (κ3) is 2.48. The van der Waals surface area contributed by atoms with Gasteiger partial charge in [-0.3, -0.25) is 4.79 Å². The fourth-order valence-corrected chi connectivity index (χ4v) is 3.98. The summed E-state index contributed by atoms with van der Waals surface area (Å²) in [6.07, 6.45) is 2.64. The Balaban J connectivity index is 2.00. The highest BCUT2D eigenvalue weighted by molar-refractivity contribution is 7.14. The summed E-state index contributed by atoms with van der Waals surface area (Å²) in [5, 5.41) is 0. The van der Waals surface area contributed by atoms with Gasteiger partial charge in [0.2, 0.25) is 0 Å². The molecule has 0 N–H and O–H groups in total. The fourth-order valence-electron chi connectivity index (χ4n) is 2.92. The molecule has 0 fully saturated rings. The van der Waals surface area contributed by atoms with Crippen LogP contribution in [0.5, 0.6) is 0 Å². The zero-order valence-electron chi connectivity index (χ0n) is 12.3. The lowest BCUT2D eigenvalue weighted by atomic mass is 10.0. The Bertz CT molecular complexity index is 692. The quantitative estimate of drug-likeness (QED) is 0.807. The van der Waals surface area contributed by atoms with E-state index in [9.17, 15) is 9.18 Å². The standard InChI is InChI=1S/C17H18FNOS/c1-3-14-11(2)10-15(21-14)17(20)19-9-5-7-12-6-4-8-13(18)16(12)19/h4,6,8,10H,3,5,7,9H2,1-2H3. The highest BCUT2D eigenvalue weighted by atomic mass is 32.1. The van der Waals surface area contributed by atoms with Crippen LogP contribution in [0.3, 0.4) is 0 Å². The Morgan fingerprint density at radius 1 is 1.43 bits per heavy atom. The lowest BCUT2D eigenvalue weighted by molar-refractivity contribution is 0.0988. The van der Waals surface area contributed by atoms with Gasteiger partial charge in [-0.15, -0.1) is 11.3 Å². The average molecular weight is 303 g/mol. The molecule has 0 unspecified atom stereocenters. The van der Waals surface area contributed by atoms with Gasteiger partial charge >= 0.3 is 0 Å². The zero-order valence-corrected chi connectivity index (χ0v) is 13.1. The molecule has 1 aliphatic heterocycles. The van der Waals surface area contributed by atoms with Crippen LogP contribution in [0.15, 0.2) is 24.3 Å². The lowest BCUT2D eigenvalue weighted by Gasteiger charge is -2.29. The normalized spacial score (nSPS) is 14.1. The molecule has 21 heavy (non-hydrogen) atoms. The van der Waals surface area contributed by atoms with Crippen molar-refractivity contribution >= 4 is 22.9 Å². The van der Waals surface area contributed by atoms with Crippen LogP contribution >= 0.6 is 11.3 Å². The van der Waals surface area contributed by atoms with Crippen LogP contribution in [0, 0.1) is 12.7 Å². The highest BCUT2D eigenvalue weighted by Crippen LogP contribution is 2.33. The summed E-state index contributed by atoms with van der Waals surface area (Å²) in [5.74, 6) is -0.376. The number of carbonyl (C=O) groups is 1. The molecule has 0 saturated carbocycles. The second-order valence-electron chi connectivity index (χ2n) is 5.38. The number of nitrogens with zero attached hydrogens (tertiary/aromatic N) is 1. The van der Waals surface area contributed by atoms with Crippen molar-refractivity contribution in [1.82, 2.24) is 0 Å². The van der Waals surface area contributed by atoms with Gasteiger partial charge in [-0.05, 0) is 49.4 Å². The molecule has 1 aromatic carbocycles. The molecule has 0 spiro atoms. The number of fused-ring (bicyclic) bond motifs is 1. The molecule has 1 aliphatic rings. The predicted octanol–water partition coefficient (Wildman–Crippen LogP) is 4.35. The molecule has 3 rings (SSSR count). The molecule has 1 amide bonds.